The van der Waals surface area contributed by atoms with Crippen LogP contribution in [0.5, 0.6) is 0 Å². The number of aromatic nitrogens is 2. The monoisotopic (exact) mass is 262 g/mol. The summed E-state index contributed by atoms with van der Waals surface area (Å²) in [7, 11) is 0. The number of rotatable bonds is 4. The predicted molar refractivity (Wildman–Crippen MR) is 79.2 cm³/mol. The van der Waals surface area contributed by atoms with Crippen LogP contribution in [0.15, 0.2) is 6.33 Å². The molecule has 0 aromatic carbocycles. The van der Waals surface area contributed by atoms with Crippen LogP contribution < -0.4 is 11.1 Å². The third-order valence-electron chi connectivity index (χ3n) is 4.48. The smallest absolute Gasteiger partial charge is 0.133 e. The topological polar surface area (TPSA) is 63.8 Å². The summed E-state index contributed by atoms with van der Waals surface area (Å²) < 4.78 is 0. The van der Waals surface area contributed by atoms with Gasteiger partial charge < -0.3 is 11.1 Å². The quantitative estimate of drug-likeness (QED) is 0.818. The molecular weight excluding hydrogens is 236 g/mol. The lowest BCUT2D eigenvalue weighted by atomic mass is 9.88. The zero-order valence-corrected chi connectivity index (χ0v) is 12.4. The Balaban J connectivity index is 2.30. The van der Waals surface area contributed by atoms with Gasteiger partial charge in [-0.3, -0.25) is 0 Å². The molecule has 3 N–H and O–H groups in total. The largest absolute Gasteiger partial charge is 0.363 e. The average Bonchev–Trinajstić information content (AvgIpc) is 2.64. The molecule has 4 heteroatoms. The molecule has 0 fully saturated rings. The first kappa shape index (κ1) is 14.3. The van der Waals surface area contributed by atoms with Crippen LogP contribution in [0.25, 0.3) is 0 Å². The number of fused-ring (bicyclic) bond motifs is 1. The summed E-state index contributed by atoms with van der Waals surface area (Å²) in [5, 5.41) is 3.58. The molecule has 19 heavy (non-hydrogen) atoms. The Labute approximate surface area is 116 Å². The van der Waals surface area contributed by atoms with Gasteiger partial charge in [0.25, 0.3) is 0 Å². The van der Waals surface area contributed by atoms with Gasteiger partial charge in [0, 0.05) is 17.8 Å². The van der Waals surface area contributed by atoms with Crippen LogP contribution in [0.4, 0.5) is 5.82 Å². The molecule has 0 saturated heterocycles. The van der Waals surface area contributed by atoms with Crippen molar-refractivity contribution in [2.24, 2.45) is 11.7 Å². The van der Waals surface area contributed by atoms with Gasteiger partial charge in [-0.1, -0.05) is 20.3 Å². The van der Waals surface area contributed by atoms with Crippen LogP contribution in [0, 0.1) is 5.92 Å². The molecule has 2 rings (SSSR count). The number of anilines is 1. The molecule has 1 aromatic heterocycles. The molecule has 0 radical (unpaired) electrons. The van der Waals surface area contributed by atoms with Gasteiger partial charge in [-0.05, 0) is 38.5 Å². The number of hydrogen-bond acceptors (Lipinski definition) is 4. The van der Waals surface area contributed by atoms with E-state index in [1.165, 1.54) is 30.5 Å². The second-order valence-corrected chi connectivity index (χ2v) is 6.11. The molecule has 0 amide bonds. The highest BCUT2D eigenvalue weighted by Crippen LogP contribution is 2.28. The summed E-state index contributed by atoms with van der Waals surface area (Å²) >= 11 is 0. The van der Waals surface area contributed by atoms with Crippen molar-refractivity contribution < 1.29 is 0 Å². The SMILES string of the molecule is CC(C)C(C)(CN)Nc1ncnc2c1CCCCC2. The van der Waals surface area contributed by atoms with E-state index < -0.39 is 0 Å². The van der Waals surface area contributed by atoms with Crippen LogP contribution >= 0.6 is 0 Å². The van der Waals surface area contributed by atoms with E-state index in [1.807, 2.05) is 0 Å². The first-order valence-electron chi connectivity index (χ1n) is 7.38. The lowest BCUT2D eigenvalue weighted by Crippen LogP contribution is -2.47. The number of nitrogens with zero attached hydrogens (tertiary/aromatic N) is 2. The van der Waals surface area contributed by atoms with Crippen molar-refractivity contribution in [2.45, 2.75) is 58.4 Å². The maximum Gasteiger partial charge on any atom is 0.133 e. The van der Waals surface area contributed by atoms with Crippen molar-refractivity contribution in [2.75, 3.05) is 11.9 Å². The normalized spacial score (nSPS) is 18.6. The van der Waals surface area contributed by atoms with Crippen LogP contribution in [0.1, 0.15) is 51.3 Å². The van der Waals surface area contributed by atoms with Crippen LogP contribution in [-0.4, -0.2) is 22.1 Å². The van der Waals surface area contributed by atoms with E-state index in [0.717, 1.165) is 18.7 Å². The molecule has 4 nitrogen and oxygen atoms in total. The Morgan fingerprint density at radius 3 is 2.68 bits per heavy atom. The van der Waals surface area contributed by atoms with Gasteiger partial charge >= 0.3 is 0 Å². The van der Waals surface area contributed by atoms with Gasteiger partial charge in [-0.2, -0.15) is 0 Å². The van der Waals surface area contributed by atoms with Gasteiger partial charge in [0.2, 0.25) is 0 Å². The standard InChI is InChI=1S/C15H26N4/c1-11(2)15(3,9-16)19-14-12-7-5-4-6-8-13(12)17-10-18-14/h10-11H,4-9,16H2,1-3H3,(H,17,18,19). The average molecular weight is 262 g/mol. The lowest BCUT2D eigenvalue weighted by molar-refractivity contribution is 0.381. The minimum atomic E-state index is -0.117. The minimum absolute atomic E-state index is 0.117. The number of hydrogen-bond donors (Lipinski definition) is 2. The van der Waals surface area contributed by atoms with Crippen molar-refractivity contribution >= 4 is 5.82 Å². The van der Waals surface area contributed by atoms with Gasteiger partial charge in [0.1, 0.15) is 12.1 Å². The molecule has 0 aliphatic heterocycles. The predicted octanol–water partition coefficient (Wildman–Crippen LogP) is 2.53. The summed E-state index contributed by atoms with van der Waals surface area (Å²) in [5.41, 5.74) is 8.37. The molecule has 1 unspecified atom stereocenters. The van der Waals surface area contributed by atoms with Gasteiger partial charge in [-0.15, -0.1) is 0 Å². The summed E-state index contributed by atoms with van der Waals surface area (Å²) in [4.78, 5) is 8.93. The molecule has 1 aliphatic rings. The molecular formula is C15H26N4. The number of aryl methyl sites for hydroxylation is 1. The Bertz CT molecular complexity index is 430. The van der Waals surface area contributed by atoms with Crippen LogP contribution in [0.2, 0.25) is 0 Å². The minimum Gasteiger partial charge on any atom is -0.363 e. The highest BCUT2D eigenvalue weighted by molar-refractivity contribution is 5.48. The summed E-state index contributed by atoms with van der Waals surface area (Å²) in [6.07, 6.45) is 7.60. The fraction of sp³-hybridized carbons (Fsp3) is 0.733. The molecule has 0 bridgehead atoms. The Hall–Kier alpha value is -1.16. The first-order valence-corrected chi connectivity index (χ1v) is 7.38. The van der Waals surface area contributed by atoms with E-state index in [4.69, 9.17) is 5.73 Å². The maximum atomic E-state index is 5.96. The molecule has 1 aliphatic carbocycles. The van der Waals surface area contributed by atoms with Crippen LogP contribution in [-0.2, 0) is 12.8 Å². The molecule has 106 valence electrons. The zero-order chi connectivity index (χ0) is 13.9. The fourth-order valence-electron chi connectivity index (χ4n) is 2.51. The Morgan fingerprint density at radius 2 is 2.00 bits per heavy atom. The van der Waals surface area contributed by atoms with Crippen molar-refractivity contribution in [3.63, 3.8) is 0 Å². The first-order chi connectivity index (χ1) is 9.07. The number of nitrogens with one attached hydrogen (secondary N) is 1. The molecule has 0 saturated carbocycles. The maximum absolute atomic E-state index is 5.96. The molecule has 1 atom stereocenters. The van der Waals surface area contributed by atoms with E-state index in [1.54, 1.807) is 6.33 Å². The van der Waals surface area contributed by atoms with E-state index in [9.17, 15) is 0 Å². The van der Waals surface area contributed by atoms with E-state index in [2.05, 4.69) is 36.1 Å². The van der Waals surface area contributed by atoms with Crippen LogP contribution in [0.3, 0.4) is 0 Å². The van der Waals surface area contributed by atoms with Gasteiger partial charge in [0.15, 0.2) is 0 Å². The highest BCUT2D eigenvalue weighted by atomic mass is 15.1. The fourth-order valence-corrected chi connectivity index (χ4v) is 2.51. The Kier molecular flexibility index (Phi) is 4.40. The lowest BCUT2D eigenvalue weighted by Gasteiger charge is -2.35. The summed E-state index contributed by atoms with van der Waals surface area (Å²) in [6, 6.07) is 0. The summed E-state index contributed by atoms with van der Waals surface area (Å²) in [6.45, 7) is 7.16. The van der Waals surface area contributed by atoms with E-state index in [-0.39, 0.29) is 5.54 Å². The second-order valence-electron chi connectivity index (χ2n) is 6.11. The van der Waals surface area contributed by atoms with Crippen molar-refractivity contribution in [3.05, 3.63) is 17.6 Å². The molecule has 1 heterocycles. The third-order valence-corrected chi connectivity index (χ3v) is 4.48. The van der Waals surface area contributed by atoms with Crippen molar-refractivity contribution in [1.82, 2.24) is 9.97 Å². The Morgan fingerprint density at radius 1 is 1.26 bits per heavy atom. The zero-order valence-electron chi connectivity index (χ0n) is 12.4. The highest BCUT2D eigenvalue weighted by Gasteiger charge is 2.28. The number of nitrogens with two attached hydrogens (primary N) is 1. The van der Waals surface area contributed by atoms with Gasteiger partial charge in [-0.25, -0.2) is 9.97 Å². The second kappa shape index (κ2) is 5.87. The molecule has 0 spiro atoms. The summed E-state index contributed by atoms with van der Waals surface area (Å²) in [5.74, 6) is 1.45. The van der Waals surface area contributed by atoms with Gasteiger partial charge in [0.05, 0.1) is 5.54 Å². The third kappa shape index (κ3) is 3.06. The van der Waals surface area contributed by atoms with E-state index in [0.29, 0.717) is 12.5 Å². The van der Waals surface area contributed by atoms with E-state index >= 15 is 0 Å². The molecule has 1 aromatic rings. The van der Waals surface area contributed by atoms with Crippen molar-refractivity contribution in [3.8, 4) is 0 Å². The van der Waals surface area contributed by atoms with Crippen molar-refractivity contribution in [1.29, 1.82) is 0 Å².